The molecule has 0 aliphatic carbocycles. The quantitative estimate of drug-likeness (QED) is 0.769. The Kier molecular flexibility index (Phi) is 2.29. The topological polar surface area (TPSA) is 44.8 Å². The number of aromatic nitrogens is 3. The van der Waals surface area contributed by atoms with Crippen molar-refractivity contribution in [3.05, 3.63) is 18.0 Å². The number of pyridine rings is 1. The third kappa shape index (κ3) is 1.53. The van der Waals surface area contributed by atoms with Crippen molar-refractivity contribution in [2.75, 3.05) is 19.0 Å². The third-order valence-corrected chi connectivity index (χ3v) is 2.22. The lowest BCUT2D eigenvalue weighted by Gasteiger charge is -2.09. The summed E-state index contributed by atoms with van der Waals surface area (Å²) < 4.78 is 0. The van der Waals surface area contributed by atoms with Crippen molar-refractivity contribution in [3.63, 3.8) is 0 Å². The van der Waals surface area contributed by atoms with Gasteiger partial charge in [-0.2, -0.15) is 0 Å². The number of H-pyrrole nitrogens is 1. The molecule has 0 atom stereocenters. The minimum atomic E-state index is 0.383. The second-order valence-electron chi connectivity index (χ2n) is 3.25. The molecule has 14 heavy (non-hydrogen) atoms. The number of halogens is 1. The van der Waals surface area contributed by atoms with Crippen LogP contribution in [0.15, 0.2) is 12.1 Å². The molecular weight excluding hydrogens is 200 g/mol. The Hall–Kier alpha value is -1.29. The Bertz CT molecular complexity index is 449. The van der Waals surface area contributed by atoms with E-state index in [0.717, 1.165) is 17.2 Å². The van der Waals surface area contributed by atoms with Gasteiger partial charge in [0.15, 0.2) is 5.65 Å². The fourth-order valence-corrected chi connectivity index (χ4v) is 1.37. The zero-order valence-electron chi connectivity index (χ0n) is 8.08. The molecule has 0 saturated carbocycles. The van der Waals surface area contributed by atoms with Gasteiger partial charge in [-0.3, -0.25) is 0 Å². The number of hydrogen-bond acceptors (Lipinski definition) is 3. The molecule has 2 heterocycles. The van der Waals surface area contributed by atoms with Crippen molar-refractivity contribution in [3.8, 4) is 0 Å². The van der Waals surface area contributed by atoms with Gasteiger partial charge in [-0.05, 0) is 12.1 Å². The van der Waals surface area contributed by atoms with Crippen LogP contribution in [0.5, 0.6) is 0 Å². The van der Waals surface area contributed by atoms with Gasteiger partial charge >= 0.3 is 0 Å². The molecule has 0 radical (unpaired) electrons. The Labute approximate surface area is 86.9 Å². The summed E-state index contributed by atoms with van der Waals surface area (Å²) in [5, 5.41) is 0. The molecule has 0 aliphatic rings. The smallest absolute Gasteiger partial charge is 0.179 e. The Balaban J connectivity index is 2.54. The van der Waals surface area contributed by atoms with Gasteiger partial charge in [0.2, 0.25) is 0 Å². The number of hydrogen-bond donors (Lipinski definition) is 1. The van der Waals surface area contributed by atoms with Crippen molar-refractivity contribution < 1.29 is 0 Å². The lowest BCUT2D eigenvalue weighted by Crippen LogP contribution is -2.10. The minimum Gasteiger partial charge on any atom is -0.363 e. The van der Waals surface area contributed by atoms with Gasteiger partial charge in [0.05, 0.1) is 11.4 Å². The second-order valence-corrected chi connectivity index (χ2v) is 3.52. The zero-order chi connectivity index (χ0) is 10.1. The van der Waals surface area contributed by atoms with Gasteiger partial charge in [0.25, 0.3) is 0 Å². The van der Waals surface area contributed by atoms with Crippen LogP contribution < -0.4 is 4.90 Å². The van der Waals surface area contributed by atoms with Crippen LogP contribution >= 0.6 is 11.6 Å². The van der Waals surface area contributed by atoms with Crippen LogP contribution in [0.4, 0.5) is 5.82 Å². The van der Waals surface area contributed by atoms with E-state index in [2.05, 4.69) is 15.0 Å². The molecule has 2 rings (SSSR count). The molecule has 4 nitrogen and oxygen atoms in total. The molecule has 0 fully saturated rings. The molecular formula is C9H11ClN4. The van der Waals surface area contributed by atoms with Gasteiger partial charge in [0, 0.05) is 14.1 Å². The van der Waals surface area contributed by atoms with Crippen molar-refractivity contribution in [1.29, 1.82) is 0 Å². The van der Waals surface area contributed by atoms with Crippen molar-refractivity contribution in [2.45, 2.75) is 5.88 Å². The molecule has 1 N–H and O–H groups in total. The van der Waals surface area contributed by atoms with Crippen LogP contribution in [-0.2, 0) is 5.88 Å². The first-order valence-electron chi connectivity index (χ1n) is 4.29. The molecule has 0 amide bonds. The SMILES string of the molecule is CN(C)c1ccc2[nH]c(CCl)nc2n1. The van der Waals surface area contributed by atoms with Gasteiger partial charge in [0.1, 0.15) is 11.6 Å². The van der Waals surface area contributed by atoms with Crippen LogP contribution in [0.1, 0.15) is 5.82 Å². The molecule has 0 aliphatic heterocycles. The van der Waals surface area contributed by atoms with Crippen LogP contribution in [-0.4, -0.2) is 29.0 Å². The van der Waals surface area contributed by atoms with E-state index in [4.69, 9.17) is 11.6 Å². The highest BCUT2D eigenvalue weighted by Crippen LogP contribution is 2.15. The van der Waals surface area contributed by atoms with E-state index in [1.165, 1.54) is 0 Å². The number of aromatic amines is 1. The molecule has 74 valence electrons. The second kappa shape index (κ2) is 3.46. The lowest BCUT2D eigenvalue weighted by molar-refractivity contribution is 1.07. The van der Waals surface area contributed by atoms with Gasteiger partial charge in [-0.15, -0.1) is 11.6 Å². The Morgan fingerprint density at radius 2 is 2.14 bits per heavy atom. The predicted octanol–water partition coefficient (Wildman–Crippen LogP) is 1.76. The van der Waals surface area contributed by atoms with E-state index < -0.39 is 0 Å². The maximum Gasteiger partial charge on any atom is 0.179 e. The standard InChI is InChI=1S/C9H11ClN4/c1-14(2)8-4-3-6-9(13-8)12-7(5-10)11-6/h3-4H,5H2,1-2H3,(H,11,12,13). The minimum absolute atomic E-state index is 0.383. The van der Waals surface area contributed by atoms with Crippen LogP contribution in [0, 0.1) is 0 Å². The highest BCUT2D eigenvalue weighted by atomic mass is 35.5. The number of nitrogens with zero attached hydrogens (tertiary/aromatic N) is 3. The van der Waals surface area contributed by atoms with Gasteiger partial charge in [-0.1, -0.05) is 0 Å². The predicted molar refractivity (Wildman–Crippen MR) is 57.8 cm³/mol. The van der Waals surface area contributed by atoms with E-state index >= 15 is 0 Å². The third-order valence-electron chi connectivity index (χ3n) is 1.97. The van der Waals surface area contributed by atoms with Crippen molar-refractivity contribution in [2.24, 2.45) is 0 Å². The highest BCUT2D eigenvalue weighted by molar-refractivity contribution is 6.16. The number of alkyl halides is 1. The number of imidazole rings is 1. The lowest BCUT2D eigenvalue weighted by atomic mass is 10.4. The van der Waals surface area contributed by atoms with Crippen LogP contribution in [0.3, 0.4) is 0 Å². The largest absolute Gasteiger partial charge is 0.363 e. The van der Waals surface area contributed by atoms with Crippen LogP contribution in [0.25, 0.3) is 11.2 Å². The fraction of sp³-hybridized carbons (Fsp3) is 0.333. The Morgan fingerprint density at radius 1 is 1.36 bits per heavy atom. The van der Waals surface area contributed by atoms with Gasteiger partial charge in [-0.25, -0.2) is 9.97 Å². The molecule has 0 unspecified atom stereocenters. The van der Waals surface area contributed by atoms with E-state index in [0.29, 0.717) is 11.5 Å². The normalized spacial score (nSPS) is 10.8. The summed E-state index contributed by atoms with van der Waals surface area (Å²) in [5.74, 6) is 2.03. The summed E-state index contributed by atoms with van der Waals surface area (Å²) in [7, 11) is 3.90. The van der Waals surface area contributed by atoms with E-state index in [9.17, 15) is 0 Å². The number of nitrogens with one attached hydrogen (secondary N) is 1. The number of anilines is 1. The molecule has 5 heteroatoms. The van der Waals surface area contributed by atoms with E-state index in [1.807, 2.05) is 31.1 Å². The first-order chi connectivity index (χ1) is 6.70. The van der Waals surface area contributed by atoms with Crippen LogP contribution in [0.2, 0.25) is 0 Å². The summed E-state index contributed by atoms with van der Waals surface area (Å²) >= 11 is 5.67. The fourth-order valence-electron chi connectivity index (χ4n) is 1.24. The summed E-state index contributed by atoms with van der Waals surface area (Å²) in [6.45, 7) is 0. The highest BCUT2D eigenvalue weighted by Gasteiger charge is 2.04. The molecule has 0 aromatic carbocycles. The Morgan fingerprint density at radius 3 is 2.79 bits per heavy atom. The molecule has 0 bridgehead atoms. The first-order valence-corrected chi connectivity index (χ1v) is 4.83. The summed E-state index contributed by atoms with van der Waals surface area (Å²) in [4.78, 5) is 13.6. The first kappa shape index (κ1) is 9.27. The summed E-state index contributed by atoms with van der Waals surface area (Å²) in [6, 6.07) is 3.90. The van der Waals surface area contributed by atoms with Crippen molar-refractivity contribution in [1.82, 2.24) is 15.0 Å². The number of rotatable bonds is 2. The monoisotopic (exact) mass is 210 g/mol. The maximum atomic E-state index is 5.67. The molecule has 2 aromatic rings. The van der Waals surface area contributed by atoms with E-state index in [-0.39, 0.29) is 0 Å². The zero-order valence-corrected chi connectivity index (χ0v) is 8.84. The molecule has 0 saturated heterocycles. The number of fused-ring (bicyclic) bond motifs is 1. The average Bonchev–Trinajstić information content (AvgIpc) is 2.58. The van der Waals surface area contributed by atoms with E-state index in [1.54, 1.807) is 0 Å². The molecule has 2 aromatic heterocycles. The molecule has 0 spiro atoms. The average molecular weight is 211 g/mol. The maximum absolute atomic E-state index is 5.67. The summed E-state index contributed by atoms with van der Waals surface area (Å²) in [5.41, 5.74) is 1.64. The van der Waals surface area contributed by atoms with Crippen molar-refractivity contribution >= 4 is 28.6 Å². The van der Waals surface area contributed by atoms with Gasteiger partial charge < -0.3 is 9.88 Å². The summed E-state index contributed by atoms with van der Waals surface area (Å²) in [6.07, 6.45) is 0.